The first-order chi connectivity index (χ1) is 13.7. The zero-order valence-corrected chi connectivity index (χ0v) is 17.0. The fourth-order valence-electron chi connectivity index (χ4n) is 2.94. The molecule has 1 aromatic heterocycles. The Morgan fingerprint density at radius 2 is 1.83 bits per heavy atom. The van der Waals surface area contributed by atoms with Crippen LogP contribution in [0.15, 0.2) is 47.5 Å². The number of aryl methyl sites for hydroxylation is 1. The summed E-state index contributed by atoms with van der Waals surface area (Å²) < 4.78 is 39.4. The third-order valence-corrected chi connectivity index (χ3v) is 5.34. The standard InChI is InChI=1S/C21H20F3N3OS/c1-12(2)14-9-6-7-13(3)18(14)26-17(28)11-29-19-15-8-4-5-10-16(15)25-20(27-19)21(22,23)24/h4-10,12H,11H2,1-3H3,(H,26,28). The van der Waals surface area contributed by atoms with Crippen LogP contribution in [0.1, 0.15) is 36.7 Å². The number of fused-ring (bicyclic) bond motifs is 1. The lowest BCUT2D eigenvalue weighted by Gasteiger charge is -2.16. The first kappa shape index (κ1) is 21.1. The molecule has 1 heterocycles. The fourth-order valence-corrected chi connectivity index (χ4v) is 3.76. The summed E-state index contributed by atoms with van der Waals surface area (Å²) >= 11 is 0.965. The summed E-state index contributed by atoms with van der Waals surface area (Å²) in [6.45, 7) is 5.97. The maximum atomic E-state index is 13.1. The van der Waals surface area contributed by atoms with Gasteiger partial charge in [-0.2, -0.15) is 13.2 Å². The van der Waals surface area contributed by atoms with Crippen LogP contribution < -0.4 is 5.32 Å². The normalized spacial score (nSPS) is 11.8. The second-order valence-corrected chi connectivity index (χ2v) is 7.86. The Kier molecular flexibility index (Phi) is 6.12. The van der Waals surface area contributed by atoms with Crippen LogP contribution in [0.25, 0.3) is 10.9 Å². The van der Waals surface area contributed by atoms with Crippen molar-refractivity contribution in [3.05, 3.63) is 59.4 Å². The Morgan fingerprint density at radius 3 is 2.52 bits per heavy atom. The van der Waals surface area contributed by atoms with E-state index >= 15 is 0 Å². The van der Waals surface area contributed by atoms with Crippen molar-refractivity contribution in [3.63, 3.8) is 0 Å². The number of hydrogen-bond donors (Lipinski definition) is 1. The number of alkyl halides is 3. The Morgan fingerprint density at radius 1 is 1.10 bits per heavy atom. The van der Waals surface area contributed by atoms with Gasteiger partial charge in [-0.1, -0.05) is 62.0 Å². The van der Waals surface area contributed by atoms with Crippen molar-refractivity contribution in [3.8, 4) is 0 Å². The molecule has 29 heavy (non-hydrogen) atoms. The van der Waals surface area contributed by atoms with Crippen molar-refractivity contribution in [2.75, 3.05) is 11.1 Å². The van der Waals surface area contributed by atoms with Crippen molar-refractivity contribution < 1.29 is 18.0 Å². The molecule has 4 nitrogen and oxygen atoms in total. The molecule has 0 saturated carbocycles. The highest BCUT2D eigenvalue weighted by Gasteiger charge is 2.35. The number of thioether (sulfide) groups is 1. The van der Waals surface area contributed by atoms with Crippen LogP contribution in [0.3, 0.4) is 0 Å². The molecule has 0 aliphatic rings. The van der Waals surface area contributed by atoms with Gasteiger partial charge in [0.1, 0.15) is 5.03 Å². The topological polar surface area (TPSA) is 54.9 Å². The molecule has 0 bridgehead atoms. The lowest BCUT2D eigenvalue weighted by atomic mass is 9.98. The molecular weight excluding hydrogens is 399 g/mol. The minimum atomic E-state index is -4.66. The van der Waals surface area contributed by atoms with Crippen molar-refractivity contribution >= 4 is 34.3 Å². The van der Waals surface area contributed by atoms with Crippen LogP contribution in [0.5, 0.6) is 0 Å². The van der Waals surface area contributed by atoms with Gasteiger partial charge in [-0.25, -0.2) is 9.97 Å². The number of hydrogen-bond acceptors (Lipinski definition) is 4. The van der Waals surface area contributed by atoms with Gasteiger partial charge in [0.25, 0.3) is 0 Å². The first-order valence-electron chi connectivity index (χ1n) is 9.03. The van der Waals surface area contributed by atoms with Gasteiger partial charge in [0, 0.05) is 11.1 Å². The molecule has 1 N–H and O–H groups in total. The Bertz CT molecular complexity index is 1050. The molecule has 3 aromatic rings. The number of aromatic nitrogens is 2. The molecule has 0 atom stereocenters. The molecule has 3 rings (SSSR count). The van der Waals surface area contributed by atoms with E-state index in [0.29, 0.717) is 5.39 Å². The van der Waals surface area contributed by atoms with E-state index in [1.165, 1.54) is 6.07 Å². The van der Waals surface area contributed by atoms with Crippen molar-refractivity contribution in [2.24, 2.45) is 0 Å². The number of carbonyl (C=O) groups is 1. The molecule has 0 aliphatic heterocycles. The Hall–Kier alpha value is -2.61. The van der Waals surface area contributed by atoms with Crippen molar-refractivity contribution in [1.82, 2.24) is 9.97 Å². The van der Waals surface area contributed by atoms with Crippen LogP contribution in [0.4, 0.5) is 18.9 Å². The van der Waals surface area contributed by atoms with E-state index in [-0.39, 0.29) is 28.1 Å². The lowest BCUT2D eigenvalue weighted by molar-refractivity contribution is -0.145. The summed E-state index contributed by atoms with van der Waals surface area (Å²) in [5, 5.41) is 3.51. The number of carbonyl (C=O) groups excluding carboxylic acids is 1. The smallest absolute Gasteiger partial charge is 0.325 e. The average Bonchev–Trinajstić information content (AvgIpc) is 2.66. The van der Waals surface area contributed by atoms with Gasteiger partial charge in [0.2, 0.25) is 11.7 Å². The van der Waals surface area contributed by atoms with Crippen LogP contribution in [-0.4, -0.2) is 21.6 Å². The highest BCUT2D eigenvalue weighted by Crippen LogP contribution is 2.32. The highest BCUT2D eigenvalue weighted by atomic mass is 32.2. The maximum Gasteiger partial charge on any atom is 0.451 e. The molecule has 0 unspecified atom stereocenters. The summed E-state index contributed by atoms with van der Waals surface area (Å²) in [6, 6.07) is 12.2. The van der Waals surface area contributed by atoms with Crippen molar-refractivity contribution in [2.45, 2.75) is 37.9 Å². The second kappa shape index (κ2) is 8.41. The number of amides is 1. The summed E-state index contributed by atoms with van der Waals surface area (Å²) in [5.74, 6) is -1.36. The predicted molar refractivity (Wildman–Crippen MR) is 109 cm³/mol. The highest BCUT2D eigenvalue weighted by molar-refractivity contribution is 8.00. The third-order valence-electron chi connectivity index (χ3n) is 4.35. The van der Waals surface area contributed by atoms with E-state index < -0.39 is 12.0 Å². The van der Waals surface area contributed by atoms with Crippen LogP contribution in [0, 0.1) is 6.92 Å². The molecule has 1 amide bonds. The second-order valence-electron chi connectivity index (χ2n) is 6.90. The Balaban J connectivity index is 1.84. The molecule has 0 fully saturated rings. The summed E-state index contributed by atoms with van der Waals surface area (Å²) in [5.41, 5.74) is 2.88. The number of nitrogens with zero attached hydrogens (tertiary/aromatic N) is 2. The number of para-hydroxylation sites is 2. The third kappa shape index (κ3) is 4.87. The quantitative estimate of drug-likeness (QED) is 0.419. The van der Waals surface area contributed by atoms with Gasteiger partial charge >= 0.3 is 6.18 Å². The van der Waals surface area contributed by atoms with E-state index in [2.05, 4.69) is 15.3 Å². The van der Waals surface area contributed by atoms with Gasteiger partial charge in [0.15, 0.2) is 0 Å². The van der Waals surface area contributed by atoms with E-state index in [4.69, 9.17) is 0 Å². The van der Waals surface area contributed by atoms with Gasteiger partial charge in [-0.3, -0.25) is 4.79 Å². The predicted octanol–water partition coefficient (Wildman–Crippen LogP) is 5.81. The average molecular weight is 419 g/mol. The molecule has 0 aliphatic carbocycles. The SMILES string of the molecule is Cc1cccc(C(C)C)c1NC(=O)CSc1nc(C(F)(F)F)nc2ccccc12. The fraction of sp³-hybridized carbons (Fsp3) is 0.286. The summed E-state index contributed by atoms with van der Waals surface area (Å²) in [4.78, 5) is 19.8. The first-order valence-corrected chi connectivity index (χ1v) is 10.0. The van der Waals surface area contributed by atoms with E-state index in [9.17, 15) is 18.0 Å². The van der Waals surface area contributed by atoms with Gasteiger partial charge in [0.05, 0.1) is 11.3 Å². The zero-order chi connectivity index (χ0) is 21.2. The van der Waals surface area contributed by atoms with Gasteiger partial charge in [-0.15, -0.1) is 0 Å². The van der Waals surface area contributed by atoms with Crippen LogP contribution in [0.2, 0.25) is 0 Å². The number of benzene rings is 2. The van der Waals surface area contributed by atoms with Crippen LogP contribution in [-0.2, 0) is 11.0 Å². The largest absolute Gasteiger partial charge is 0.451 e. The number of nitrogens with one attached hydrogen (secondary N) is 1. The molecule has 0 saturated heterocycles. The summed E-state index contributed by atoms with van der Waals surface area (Å²) in [6.07, 6.45) is -4.66. The molecular formula is C21H20F3N3OS. The van der Waals surface area contributed by atoms with E-state index in [0.717, 1.165) is 28.6 Å². The van der Waals surface area contributed by atoms with Gasteiger partial charge < -0.3 is 5.32 Å². The van der Waals surface area contributed by atoms with Crippen molar-refractivity contribution in [1.29, 1.82) is 0 Å². The molecule has 152 valence electrons. The number of halogens is 3. The van der Waals surface area contributed by atoms with Gasteiger partial charge in [-0.05, 0) is 30.0 Å². The van der Waals surface area contributed by atoms with Crippen LogP contribution >= 0.6 is 11.8 Å². The van der Waals surface area contributed by atoms with E-state index in [1.54, 1.807) is 18.2 Å². The molecule has 8 heteroatoms. The summed E-state index contributed by atoms with van der Waals surface area (Å²) in [7, 11) is 0. The number of anilines is 1. The monoisotopic (exact) mass is 419 g/mol. The molecule has 0 radical (unpaired) electrons. The minimum absolute atomic E-state index is 0.0653. The maximum absolute atomic E-state index is 13.1. The molecule has 2 aromatic carbocycles. The Labute approximate surface area is 170 Å². The number of rotatable bonds is 5. The lowest BCUT2D eigenvalue weighted by Crippen LogP contribution is -2.17. The minimum Gasteiger partial charge on any atom is -0.325 e. The zero-order valence-electron chi connectivity index (χ0n) is 16.2. The molecule has 0 spiro atoms. The van der Waals surface area contributed by atoms with E-state index in [1.807, 2.05) is 39.0 Å².